The van der Waals surface area contributed by atoms with Gasteiger partial charge in [0.05, 0.1) is 0 Å². The molecule has 1 heterocycles. The first-order chi connectivity index (χ1) is 8.65. The average molecular weight is 260 g/mol. The second-order valence-electron chi connectivity index (χ2n) is 4.29. The maximum atomic E-state index is 12.0. The minimum absolute atomic E-state index is 0.0909. The maximum Gasteiger partial charge on any atom is 0.321 e. The third-order valence-electron chi connectivity index (χ3n) is 2.62. The summed E-state index contributed by atoms with van der Waals surface area (Å²) in [6.07, 6.45) is 0. The number of anilines is 1. The minimum Gasteiger partial charge on any atom is -0.323 e. The zero-order valence-electron chi connectivity index (χ0n) is 10.5. The van der Waals surface area contributed by atoms with E-state index in [1.54, 1.807) is 23.3 Å². The lowest BCUT2D eigenvalue weighted by molar-refractivity contribution is 0.221. The van der Waals surface area contributed by atoms with Crippen LogP contribution in [0.25, 0.3) is 0 Å². The minimum atomic E-state index is -0.0909. The highest BCUT2D eigenvalue weighted by molar-refractivity contribution is 7.07. The van der Waals surface area contributed by atoms with E-state index in [9.17, 15) is 4.79 Å². The largest absolute Gasteiger partial charge is 0.323 e. The van der Waals surface area contributed by atoms with Gasteiger partial charge in [0.1, 0.15) is 0 Å². The lowest BCUT2D eigenvalue weighted by Crippen LogP contribution is -2.30. The van der Waals surface area contributed by atoms with Crippen LogP contribution in [0, 0.1) is 6.92 Å². The van der Waals surface area contributed by atoms with Crippen LogP contribution in [0.4, 0.5) is 10.5 Å². The smallest absolute Gasteiger partial charge is 0.321 e. The highest BCUT2D eigenvalue weighted by Crippen LogP contribution is 2.12. The third-order valence-corrected chi connectivity index (χ3v) is 3.35. The number of rotatable bonds is 3. The monoisotopic (exact) mass is 260 g/mol. The predicted octanol–water partition coefficient (Wildman–Crippen LogP) is 3.72. The van der Waals surface area contributed by atoms with Crippen LogP contribution >= 0.6 is 11.3 Å². The molecule has 4 heteroatoms. The van der Waals surface area contributed by atoms with E-state index in [-0.39, 0.29) is 6.03 Å². The molecule has 1 N–H and O–H groups in total. The van der Waals surface area contributed by atoms with Crippen LogP contribution < -0.4 is 5.32 Å². The summed E-state index contributed by atoms with van der Waals surface area (Å²) in [6, 6.07) is 9.72. The molecular weight excluding hydrogens is 244 g/mol. The van der Waals surface area contributed by atoms with Gasteiger partial charge in [-0.05, 0) is 47.0 Å². The molecule has 0 aliphatic rings. The Morgan fingerprint density at radius 3 is 2.89 bits per heavy atom. The molecule has 0 saturated carbocycles. The molecule has 0 aliphatic carbocycles. The number of hydrogen-bond acceptors (Lipinski definition) is 2. The van der Waals surface area contributed by atoms with E-state index >= 15 is 0 Å². The van der Waals surface area contributed by atoms with Crippen LogP contribution in [0.5, 0.6) is 0 Å². The van der Waals surface area contributed by atoms with Gasteiger partial charge in [0.25, 0.3) is 0 Å². The second kappa shape index (κ2) is 5.69. The molecule has 0 bridgehead atoms. The first-order valence-electron chi connectivity index (χ1n) is 5.75. The lowest BCUT2D eigenvalue weighted by atomic mass is 10.2. The number of carbonyl (C=O) groups excluding carboxylic acids is 1. The van der Waals surface area contributed by atoms with Gasteiger partial charge in [-0.2, -0.15) is 11.3 Å². The van der Waals surface area contributed by atoms with Gasteiger partial charge in [-0.3, -0.25) is 0 Å². The molecule has 18 heavy (non-hydrogen) atoms. The Morgan fingerprint density at radius 2 is 2.22 bits per heavy atom. The Labute approximate surface area is 111 Å². The van der Waals surface area contributed by atoms with Crippen LogP contribution in [0.3, 0.4) is 0 Å². The van der Waals surface area contributed by atoms with E-state index in [1.165, 1.54) is 0 Å². The number of nitrogens with zero attached hydrogens (tertiary/aromatic N) is 1. The van der Waals surface area contributed by atoms with Crippen molar-refractivity contribution in [1.82, 2.24) is 4.90 Å². The first-order valence-corrected chi connectivity index (χ1v) is 6.69. The van der Waals surface area contributed by atoms with Gasteiger partial charge >= 0.3 is 6.03 Å². The normalized spacial score (nSPS) is 10.1. The van der Waals surface area contributed by atoms with Crippen LogP contribution in [-0.2, 0) is 6.54 Å². The zero-order valence-corrected chi connectivity index (χ0v) is 11.3. The molecular formula is C14H16N2OS. The number of amides is 2. The number of hydrogen-bond donors (Lipinski definition) is 1. The highest BCUT2D eigenvalue weighted by atomic mass is 32.1. The molecule has 1 aromatic carbocycles. The number of nitrogens with one attached hydrogen (secondary N) is 1. The van der Waals surface area contributed by atoms with Crippen LogP contribution in [0.2, 0.25) is 0 Å². The van der Waals surface area contributed by atoms with Gasteiger partial charge in [-0.1, -0.05) is 12.1 Å². The van der Waals surface area contributed by atoms with Gasteiger partial charge < -0.3 is 10.2 Å². The number of urea groups is 1. The van der Waals surface area contributed by atoms with Gasteiger partial charge in [-0.15, -0.1) is 0 Å². The van der Waals surface area contributed by atoms with E-state index in [1.807, 2.05) is 42.6 Å². The van der Waals surface area contributed by atoms with E-state index in [4.69, 9.17) is 0 Å². The van der Waals surface area contributed by atoms with Crippen molar-refractivity contribution in [2.45, 2.75) is 13.5 Å². The molecule has 2 rings (SSSR count). The maximum absolute atomic E-state index is 12.0. The predicted molar refractivity (Wildman–Crippen MR) is 76.0 cm³/mol. The SMILES string of the molecule is Cc1cccc(NC(=O)N(C)Cc2ccsc2)c1. The Bertz CT molecular complexity index is 522. The van der Waals surface area contributed by atoms with E-state index < -0.39 is 0 Å². The topological polar surface area (TPSA) is 32.3 Å². The first kappa shape index (κ1) is 12.6. The van der Waals surface area contributed by atoms with Crippen molar-refractivity contribution < 1.29 is 4.79 Å². The molecule has 0 radical (unpaired) electrons. The molecule has 0 spiro atoms. The summed E-state index contributed by atoms with van der Waals surface area (Å²) in [4.78, 5) is 13.6. The summed E-state index contributed by atoms with van der Waals surface area (Å²) in [7, 11) is 1.79. The fraction of sp³-hybridized carbons (Fsp3) is 0.214. The average Bonchev–Trinajstić information content (AvgIpc) is 2.81. The van der Waals surface area contributed by atoms with Gasteiger partial charge in [-0.25, -0.2) is 4.79 Å². The number of aryl methyl sites for hydroxylation is 1. The number of benzene rings is 1. The Kier molecular flexibility index (Phi) is 3.99. The quantitative estimate of drug-likeness (QED) is 0.896. The summed E-state index contributed by atoms with van der Waals surface area (Å²) >= 11 is 1.64. The van der Waals surface area contributed by atoms with E-state index in [0.717, 1.165) is 16.8 Å². The fourth-order valence-electron chi connectivity index (χ4n) is 1.67. The molecule has 0 saturated heterocycles. The molecule has 0 fully saturated rings. The van der Waals surface area contributed by atoms with Crippen molar-refractivity contribution in [3.63, 3.8) is 0 Å². The third kappa shape index (κ3) is 3.34. The Hall–Kier alpha value is -1.81. The zero-order chi connectivity index (χ0) is 13.0. The summed E-state index contributed by atoms with van der Waals surface area (Å²) in [5.41, 5.74) is 3.12. The van der Waals surface area contributed by atoms with Gasteiger partial charge in [0.2, 0.25) is 0 Å². The van der Waals surface area contributed by atoms with Gasteiger partial charge in [0.15, 0.2) is 0 Å². The lowest BCUT2D eigenvalue weighted by Gasteiger charge is -2.17. The number of thiophene rings is 1. The molecule has 2 amide bonds. The molecule has 0 unspecified atom stereocenters. The van der Waals surface area contributed by atoms with Crippen molar-refractivity contribution >= 4 is 23.1 Å². The standard InChI is InChI=1S/C14H16N2OS/c1-11-4-3-5-13(8-11)15-14(17)16(2)9-12-6-7-18-10-12/h3-8,10H,9H2,1-2H3,(H,15,17). The Morgan fingerprint density at radius 1 is 1.39 bits per heavy atom. The molecule has 0 aliphatic heterocycles. The molecule has 0 atom stereocenters. The Balaban J connectivity index is 1.95. The van der Waals surface area contributed by atoms with E-state index in [0.29, 0.717) is 6.54 Å². The molecule has 2 aromatic rings. The van der Waals surface area contributed by atoms with Crippen molar-refractivity contribution in [3.8, 4) is 0 Å². The van der Waals surface area contributed by atoms with Crippen LogP contribution in [-0.4, -0.2) is 18.0 Å². The summed E-state index contributed by atoms with van der Waals surface area (Å²) in [5.74, 6) is 0. The summed E-state index contributed by atoms with van der Waals surface area (Å²) in [6.45, 7) is 2.63. The van der Waals surface area contributed by atoms with Crippen molar-refractivity contribution in [2.75, 3.05) is 12.4 Å². The second-order valence-corrected chi connectivity index (χ2v) is 5.07. The molecule has 94 valence electrons. The van der Waals surface area contributed by atoms with Crippen LogP contribution in [0.15, 0.2) is 41.1 Å². The van der Waals surface area contributed by atoms with Crippen LogP contribution in [0.1, 0.15) is 11.1 Å². The molecule has 3 nitrogen and oxygen atoms in total. The van der Waals surface area contributed by atoms with E-state index in [2.05, 4.69) is 10.7 Å². The van der Waals surface area contributed by atoms with Crippen molar-refractivity contribution in [1.29, 1.82) is 0 Å². The fourth-order valence-corrected chi connectivity index (χ4v) is 2.33. The number of carbonyl (C=O) groups is 1. The highest BCUT2D eigenvalue weighted by Gasteiger charge is 2.09. The molecule has 1 aromatic heterocycles. The van der Waals surface area contributed by atoms with Crippen molar-refractivity contribution in [2.24, 2.45) is 0 Å². The van der Waals surface area contributed by atoms with Gasteiger partial charge in [0, 0.05) is 19.3 Å². The van der Waals surface area contributed by atoms with Crippen molar-refractivity contribution in [3.05, 3.63) is 52.2 Å². The summed E-state index contributed by atoms with van der Waals surface area (Å²) < 4.78 is 0. The summed E-state index contributed by atoms with van der Waals surface area (Å²) in [5, 5.41) is 6.95.